The highest BCUT2D eigenvalue weighted by Gasteiger charge is 2.49. The molecule has 22 heavy (non-hydrogen) atoms. The van der Waals surface area contributed by atoms with Gasteiger partial charge in [0.05, 0.1) is 12.0 Å². The van der Waals surface area contributed by atoms with Gasteiger partial charge in [0.25, 0.3) is 0 Å². The first-order valence-corrected chi connectivity index (χ1v) is 8.40. The number of aliphatic hydroxyl groups excluding tert-OH is 1. The van der Waals surface area contributed by atoms with Crippen molar-refractivity contribution in [2.75, 3.05) is 6.54 Å². The molecule has 2 aliphatic carbocycles. The summed E-state index contributed by atoms with van der Waals surface area (Å²) in [7, 11) is 0. The number of halogens is 2. The monoisotopic (exact) mass is 342 g/mol. The molecule has 6 heteroatoms. The van der Waals surface area contributed by atoms with E-state index >= 15 is 0 Å². The van der Waals surface area contributed by atoms with E-state index in [1.54, 1.807) is 18.2 Å². The SMILES string of the molecule is NC1C2CCC(C2)C1C(=O)NCC(O)c1c(Cl)cccc1Cl. The number of nitrogens with two attached hydrogens (primary N) is 1. The van der Waals surface area contributed by atoms with Gasteiger partial charge in [-0.25, -0.2) is 0 Å². The van der Waals surface area contributed by atoms with Crippen molar-refractivity contribution < 1.29 is 9.90 Å². The quantitative estimate of drug-likeness (QED) is 0.786. The van der Waals surface area contributed by atoms with E-state index in [0.717, 1.165) is 19.3 Å². The van der Waals surface area contributed by atoms with Gasteiger partial charge in [0.2, 0.25) is 5.91 Å². The molecule has 2 bridgehead atoms. The van der Waals surface area contributed by atoms with E-state index in [0.29, 0.717) is 27.4 Å². The molecular formula is C16H20Cl2N2O2. The number of hydrogen-bond donors (Lipinski definition) is 3. The average Bonchev–Trinajstić information content (AvgIpc) is 3.05. The molecule has 0 aromatic heterocycles. The van der Waals surface area contributed by atoms with Crippen LogP contribution >= 0.6 is 23.2 Å². The lowest BCUT2D eigenvalue weighted by Gasteiger charge is -2.27. The number of rotatable bonds is 4. The summed E-state index contributed by atoms with van der Waals surface area (Å²) in [4.78, 5) is 12.4. The Balaban J connectivity index is 1.62. The van der Waals surface area contributed by atoms with E-state index in [2.05, 4.69) is 5.32 Å². The fraction of sp³-hybridized carbons (Fsp3) is 0.562. The normalized spacial score (nSPS) is 31.3. The van der Waals surface area contributed by atoms with Gasteiger partial charge in [-0.1, -0.05) is 29.3 Å². The Kier molecular flexibility index (Phi) is 4.64. The number of hydrogen-bond acceptors (Lipinski definition) is 3. The van der Waals surface area contributed by atoms with Crippen molar-refractivity contribution >= 4 is 29.1 Å². The van der Waals surface area contributed by atoms with E-state index in [1.807, 2.05) is 0 Å². The summed E-state index contributed by atoms with van der Waals surface area (Å²) in [6.07, 6.45) is 2.33. The molecule has 0 spiro atoms. The molecule has 4 nitrogen and oxygen atoms in total. The standard InChI is InChI=1S/C16H20Cl2N2O2/c17-10-2-1-3-11(18)14(10)12(21)7-20-16(22)13-8-4-5-9(6-8)15(13)19/h1-3,8-9,12-13,15,21H,4-7,19H2,(H,20,22). The molecule has 120 valence electrons. The van der Waals surface area contributed by atoms with Gasteiger partial charge in [-0.2, -0.15) is 0 Å². The maximum absolute atomic E-state index is 12.4. The highest BCUT2D eigenvalue weighted by atomic mass is 35.5. The van der Waals surface area contributed by atoms with Gasteiger partial charge in [-0.15, -0.1) is 0 Å². The number of fused-ring (bicyclic) bond motifs is 2. The van der Waals surface area contributed by atoms with Gasteiger partial charge < -0.3 is 16.2 Å². The van der Waals surface area contributed by atoms with Crippen LogP contribution in [0.15, 0.2) is 18.2 Å². The molecule has 0 aliphatic heterocycles. The Morgan fingerprint density at radius 3 is 2.55 bits per heavy atom. The molecule has 1 aromatic rings. The molecule has 4 N–H and O–H groups in total. The van der Waals surface area contributed by atoms with Crippen LogP contribution in [0.1, 0.15) is 30.9 Å². The zero-order chi connectivity index (χ0) is 15.9. The fourth-order valence-electron chi connectivity index (χ4n) is 3.97. The number of amides is 1. The smallest absolute Gasteiger partial charge is 0.225 e. The Bertz CT molecular complexity index is 559. The maximum atomic E-state index is 12.4. The molecule has 3 rings (SSSR count). The van der Waals surface area contributed by atoms with Crippen molar-refractivity contribution in [1.29, 1.82) is 0 Å². The molecule has 5 atom stereocenters. The molecule has 0 saturated heterocycles. The summed E-state index contributed by atoms with van der Waals surface area (Å²) in [5.41, 5.74) is 6.61. The third-order valence-electron chi connectivity index (χ3n) is 5.09. The van der Waals surface area contributed by atoms with Crippen LogP contribution in [0, 0.1) is 17.8 Å². The van der Waals surface area contributed by atoms with E-state index in [4.69, 9.17) is 28.9 Å². The lowest BCUT2D eigenvalue weighted by molar-refractivity contribution is -0.127. The highest BCUT2D eigenvalue weighted by molar-refractivity contribution is 6.36. The van der Waals surface area contributed by atoms with Gasteiger partial charge in [0, 0.05) is 28.2 Å². The van der Waals surface area contributed by atoms with Crippen LogP contribution < -0.4 is 11.1 Å². The fourth-order valence-corrected chi connectivity index (χ4v) is 4.62. The molecule has 0 heterocycles. The summed E-state index contributed by atoms with van der Waals surface area (Å²) in [5.74, 6) is 0.666. The molecule has 1 amide bonds. The Morgan fingerprint density at radius 1 is 1.32 bits per heavy atom. The van der Waals surface area contributed by atoms with E-state index in [-0.39, 0.29) is 24.4 Å². The van der Waals surface area contributed by atoms with Crippen LogP contribution in [0.5, 0.6) is 0 Å². The second kappa shape index (κ2) is 6.36. The molecule has 5 unspecified atom stereocenters. The van der Waals surface area contributed by atoms with E-state index < -0.39 is 6.10 Å². The Hall–Kier alpha value is -0.810. The van der Waals surface area contributed by atoms with Gasteiger partial charge in [0.15, 0.2) is 0 Å². The van der Waals surface area contributed by atoms with Crippen molar-refractivity contribution in [3.05, 3.63) is 33.8 Å². The molecule has 2 aliphatic rings. The largest absolute Gasteiger partial charge is 0.386 e. The molecule has 1 aromatic carbocycles. The lowest BCUT2D eigenvalue weighted by atomic mass is 9.84. The minimum absolute atomic E-state index is 0.0557. The van der Waals surface area contributed by atoms with Crippen LogP contribution in [0.3, 0.4) is 0 Å². The summed E-state index contributed by atoms with van der Waals surface area (Å²) >= 11 is 12.1. The number of carbonyl (C=O) groups is 1. The minimum Gasteiger partial charge on any atom is -0.386 e. The molecule has 2 saturated carbocycles. The van der Waals surface area contributed by atoms with Gasteiger partial charge >= 0.3 is 0 Å². The number of nitrogens with one attached hydrogen (secondary N) is 1. The first kappa shape index (κ1) is 16.1. The van der Waals surface area contributed by atoms with Crippen molar-refractivity contribution in [3.8, 4) is 0 Å². The van der Waals surface area contributed by atoms with Crippen LogP contribution in [0.2, 0.25) is 10.0 Å². The molecule has 2 fully saturated rings. The lowest BCUT2D eigenvalue weighted by Crippen LogP contribution is -2.46. The predicted molar refractivity (Wildman–Crippen MR) is 86.7 cm³/mol. The minimum atomic E-state index is -0.931. The molecular weight excluding hydrogens is 323 g/mol. The van der Waals surface area contributed by atoms with Crippen LogP contribution in [0.4, 0.5) is 0 Å². The Labute approximate surface area is 140 Å². The van der Waals surface area contributed by atoms with E-state index in [1.165, 1.54) is 0 Å². The third-order valence-corrected chi connectivity index (χ3v) is 5.75. The third kappa shape index (κ3) is 2.85. The maximum Gasteiger partial charge on any atom is 0.225 e. The number of aliphatic hydroxyl groups is 1. The molecule has 0 radical (unpaired) electrons. The van der Waals surface area contributed by atoms with E-state index in [9.17, 15) is 9.90 Å². The first-order chi connectivity index (χ1) is 10.5. The summed E-state index contributed by atoms with van der Waals surface area (Å²) < 4.78 is 0. The zero-order valence-electron chi connectivity index (χ0n) is 12.1. The van der Waals surface area contributed by atoms with Crippen molar-refractivity contribution in [2.24, 2.45) is 23.5 Å². The van der Waals surface area contributed by atoms with Crippen LogP contribution in [-0.4, -0.2) is 23.6 Å². The predicted octanol–water partition coefficient (Wildman–Crippen LogP) is 2.52. The number of carbonyl (C=O) groups excluding carboxylic acids is 1. The van der Waals surface area contributed by atoms with Crippen molar-refractivity contribution in [2.45, 2.75) is 31.4 Å². The van der Waals surface area contributed by atoms with Crippen molar-refractivity contribution in [3.63, 3.8) is 0 Å². The van der Waals surface area contributed by atoms with Gasteiger partial charge in [-0.05, 0) is 43.2 Å². The van der Waals surface area contributed by atoms with Gasteiger partial charge in [0.1, 0.15) is 0 Å². The first-order valence-electron chi connectivity index (χ1n) is 7.64. The number of benzene rings is 1. The summed E-state index contributed by atoms with van der Waals surface area (Å²) in [5, 5.41) is 13.9. The van der Waals surface area contributed by atoms with Crippen LogP contribution in [0.25, 0.3) is 0 Å². The highest BCUT2D eigenvalue weighted by Crippen LogP contribution is 2.47. The second-order valence-electron chi connectivity index (χ2n) is 6.33. The summed E-state index contributed by atoms with van der Waals surface area (Å²) in [6, 6.07) is 4.99. The second-order valence-corrected chi connectivity index (χ2v) is 7.15. The van der Waals surface area contributed by atoms with Crippen LogP contribution in [-0.2, 0) is 4.79 Å². The summed E-state index contributed by atoms with van der Waals surface area (Å²) in [6.45, 7) is 0.0862. The average molecular weight is 343 g/mol. The van der Waals surface area contributed by atoms with Crippen molar-refractivity contribution in [1.82, 2.24) is 5.32 Å². The Morgan fingerprint density at radius 2 is 1.95 bits per heavy atom. The zero-order valence-corrected chi connectivity index (χ0v) is 13.6. The van der Waals surface area contributed by atoms with Gasteiger partial charge in [-0.3, -0.25) is 4.79 Å². The topological polar surface area (TPSA) is 75.4 Å².